The van der Waals surface area contributed by atoms with Crippen LogP contribution in [0.3, 0.4) is 0 Å². The molecule has 1 aromatic carbocycles. The van der Waals surface area contributed by atoms with Crippen LogP contribution in [0.5, 0.6) is 0 Å². The monoisotopic (exact) mass is 431 g/mol. The number of halogens is 3. The summed E-state index contributed by atoms with van der Waals surface area (Å²) in [6.07, 6.45) is -5.08. The van der Waals surface area contributed by atoms with Crippen molar-refractivity contribution >= 4 is 33.4 Å². The Balaban J connectivity index is 0.000000370. The van der Waals surface area contributed by atoms with Gasteiger partial charge < -0.3 is 14.7 Å². The van der Waals surface area contributed by atoms with Crippen LogP contribution < -0.4 is 0 Å². The molecular formula is C17H16F3N3O5S. The van der Waals surface area contributed by atoms with Gasteiger partial charge in [0.05, 0.1) is 12.1 Å². The molecule has 29 heavy (non-hydrogen) atoms. The van der Waals surface area contributed by atoms with E-state index in [1.165, 1.54) is 0 Å². The van der Waals surface area contributed by atoms with Crippen molar-refractivity contribution in [1.82, 2.24) is 15.0 Å². The van der Waals surface area contributed by atoms with Crippen molar-refractivity contribution < 1.29 is 37.5 Å². The molecule has 156 valence electrons. The largest absolute Gasteiger partial charge is 0.490 e. The molecule has 0 bridgehead atoms. The first kappa shape index (κ1) is 22.3. The van der Waals surface area contributed by atoms with Crippen LogP contribution in [0.2, 0.25) is 0 Å². The van der Waals surface area contributed by atoms with E-state index in [1.54, 1.807) is 30.4 Å². The maximum atomic E-state index is 11.1. The van der Waals surface area contributed by atoms with Crippen molar-refractivity contribution in [3.8, 4) is 0 Å². The van der Waals surface area contributed by atoms with Gasteiger partial charge in [0, 0.05) is 11.2 Å². The topological polar surface area (TPSA) is 117 Å². The maximum Gasteiger partial charge on any atom is 0.490 e. The first-order chi connectivity index (χ1) is 13.5. The van der Waals surface area contributed by atoms with Crippen molar-refractivity contribution in [2.45, 2.75) is 26.2 Å². The quantitative estimate of drug-likeness (QED) is 0.630. The molecule has 3 aromatic rings. The smallest absolute Gasteiger partial charge is 0.478 e. The van der Waals surface area contributed by atoms with E-state index in [9.17, 15) is 18.0 Å². The Kier molecular flexibility index (Phi) is 6.93. The van der Waals surface area contributed by atoms with E-state index >= 15 is 0 Å². The molecule has 0 fully saturated rings. The van der Waals surface area contributed by atoms with Crippen LogP contribution in [-0.2, 0) is 17.9 Å². The van der Waals surface area contributed by atoms with Gasteiger partial charge >= 0.3 is 18.1 Å². The highest BCUT2D eigenvalue weighted by atomic mass is 32.1. The average molecular weight is 431 g/mol. The third-order valence-electron chi connectivity index (χ3n) is 3.56. The maximum absolute atomic E-state index is 11.1. The number of nitrogens with zero attached hydrogens (tertiary/aromatic N) is 3. The second-order valence-corrected chi connectivity index (χ2v) is 6.90. The van der Waals surface area contributed by atoms with Gasteiger partial charge in [-0.15, -0.1) is 11.3 Å². The highest BCUT2D eigenvalue weighted by Crippen LogP contribution is 2.28. The minimum atomic E-state index is -5.08. The van der Waals surface area contributed by atoms with Crippen molar-refractivity contribution in [1.29, 1.82) is 0 Å². The molecule has 2 heterocycles. The summed E-state index contributed by atoms with van der Waals surface area (Å²) in [4.78, 5) is 26.2. The molecule has 0 amide bonds. The average Bonchev–Trinajstić information content (AvgIpc) is 3.20. The molecule has 0 saturated carbocycles. The van der Waals surface area contributed by atoms with Gasteiger partial charge in [-0.25, -0.2) is 9.59 Å². The number of carbonyl (C=O) groups is 2. The lowest BCUT2D eigenvalue weighted by Gasteiger charge is -2.13. The van der Waals surface area contributed by atoms with Crippen molar-refractivity contribution in [3.63, 3.8) is 0 Å². The molecule has 0 atom stereocenters. The minimum absolute atomic E-state index is 0.308. The zero-order chi connectivity index (χ0) is 21.8. The number of fused-ring (bicyclic) bond motifs is 1. The molecule has 0 spiro atoms. The van der Waals surface area contributed by atoms with E-state index in [4.69, 9.17) is 19.5 Å². The number of hydrogen-bond donors (Lipinski definition) is 2. The molecule has 3 rings (SSSR count). The summed E-state index contributed by atoms with van der Waals surface area (Å²) >= 11 is 1.62. The Hall–Kier alpha value is -2.99. The van der Waals surface area contributed by atoms with E-state index in [1.807, 2.05) is 13.1 Å². The van der Waals surface area contributed by atoms with Gasteiger partial charge in [0.1, 0.15) is 0 Å². The van der Waals surface area contributed by atoms with Crippen LogP contribution >= 0.6 is 11.3 Å². The Bertz CT molecular complexity index is 1020. The summed E-state index contributed by atoms with van der Waals surface area (Å²) in [6.45, 7) is 3.02. The molecule has 0 saturated heterocycles. The number of thiophene rings is 1. The fourth-order valence-corrected chi connectivity index (χ4v) is 3.25. The molecule has 2 N–H and O–H groups in total. The van der Waals surface area contributed by atoms with E-state index in [-0.39, 0.29) is 0 Å². The van der Waals surface area contributed by atoms with Gasteiger partial charge in [-0.1, -0.05) is 5.16 Å². The molecule has 0 aliphatic carbocycles. The molecule has 8 nitrogen and oxygen atoms in total. The van der Waals surface area contributed by atoms with Crippen molar-refractivity contribution in [2.24, 2.45) is 0 Å². The van der Waals surface area contributed by atoms with Crippen LogP contribution in [0.1, 0.15) is 27.6 Å². The van der Waals surface area contributed by atoms with E-state index in [0.717, 1.165) is 15.6 Å². The SMILES string of the molecule is Cc1noc(CN(C)Cc2csc3ccc(C(=O)O)cc23)n1.O=C(O)C(F)(F)F. The Labute approximate surface area is 166 Å². The predicted octanol–water partition coefficient (Wildman–Crippen LogP) is 3.56. The van der Waals surface area contributed by atoms with E-state index in [2.05, 4.69) is 20.4 Å². The molecule has 0 aliphatic rings. The minimum Gasteiger partial charge on any atom is -0.478 e. The van der Waals surface area contributed by atoms with Gasteiger partial charge in [0.2, 0.25) is 5.89 Å². The standard InChI is InChI=1S/C15H15N3O3S.C2HF3O2/c1-9-16-14(21-17-9)7-18(2)6-11-8-22-13-4-3-10(15(19)20)5-12(11)13;3-2(4,5)1(6)7/h3-5,8H,6-7H2,1-2H3,(H,19,20);(H,6,7). The number of aromatic carboxylic acids is 1. The number of hydrogen-bond acceptors (Lipinski definition) is 7. The van der Waals surface area contributed by atoms with Gasteiger partial charge in [-0.2, -0.15) is 18.2 Å². The van der Waals surface area contributed by atoms with Crippen LogP contribution in [0, 0.1) is 6.92 Å². The van der Waals surface area contributed by atoms with Crippen LogP contribution in [0.15, 0.2) is 28.1 Å². The number of aromatic nitrogens is 2. The van der Waals surface area contributed by atoms with Crippen LogP contribution in [0.25, 0.3) is 10.1 Å². The summed E-state index contributed by atoms with van der Waals surface area (Å²) in [5.41, 5.74) is 1.41. The lowest BCUT2D eigenvalue weighted by atomic mass is 10.1. The number of alkyl halides is 3. The molecule has 0 aliphatic heterocycles. The van der Waals surface area contributed by atoms with Gasteiger partial charge in [-0.05, 0) is 48.5 Å². The molecular weight excluding hydrogens is 415 g/mol. The summed E-state index contributed by atoms with van der Waals surface area (Å²) in [7, 11) is 1.96. The highest BCUT2D eigenvalue weighted by molar-refractivity contribution is 7.17. The first-order valence-electron chi connectivity index (χ1n) is 7.98. The fraction of sp³-hybridized carbons (Fsp3) is 0.294. The second kappa shape index (κ2) is 9.01. The number of aryl methyl sites for hydroxylation is 1. The summed E-state index contributed by atoms with van der Waals surface area (Å²) in [6, 6.07) is 5.22. The summed E-state index contributed by atoms with van der Waals surface area (Å²) < 4.78 is 37.9. The van der Waals surface area contributed by atoms with Gasteiger partial charge in [-0.3, -0.25) is 4.90 Å². The summed E-state index contributed by atoms with van der Waals surface area (Å²) in [5.74, 6) is -2.47. The summed E-state index contributed by atoms with van der Waals surface area (Å²) in [5, 5.41) is 23.1. The third-order valence-corrected chi connectivity index (χ3v) is 4.57. The van der Waals surface area contributed by atoms with Crippen LogP contribution in [-0.4, -0.2) is 50.4 Å². The van der Waals surface area contributed by atoms with Crippen LogP contribution in [0.4, 0.5) is 13.2 Å². The Morgan fingerprint density at radius 2 is 1.90 bits per heavy atom. The lowest BCUT2D eigenvalue weighted by molar-refractivity contribution is -0.192. The number of rotatable bonds is 5. The van der Waals surface area contributed by atoms with Gasteiger partial charge in [0.25, 0.3) is 0 Å². The Morgan fingerprint density at radius 1 is 1.24 bits per heavy atom. The molecule has 0 radical (unpaired) electrons. The van der Waals surface area contributed by atoms with E-state index < -0.39 is 18.1 Å². The number of benzene rings is 1. The highest BCUT2D eigenvalue weighted by Gasteiger charge is 2.38. The van der Waals surface area contributed by atoms with E-state index in [0.29, 0.717) is 30.4 Å². The second-order valence-electron chi connectivity index (χ2n) is 5.99. The molecule has 12 heteroatoms. The Morgan fingerprint density at radius 3 is 2.41 bits per heavy atom. The molecule has 2 aromatic heterocycles. The lowest BCUT2D eigenvalue weighted by Crippen LogP contribution is -2.21. The predicted molar refractivity (Wildman–Crippen MR) is 96.7 cm³/mol. The first-order valence-corrected chi connectivity index (χ1v) is 8.86. The zero-order valence-electron chi connectivity index (χ0n) is 15.2. The normalized spacial score (nSPS) is 11.4. The van der Waals surface area contributed by atoms with Crippen molar-refractivity contribution in [2.75, 3.05) is 7.05 Å². The zero-order valence-corrected chi connectivity index (χ0v) is 16.0. The third kappa shape index (κ3) is 6.26. The van der Waals surface area contributed by atoms with Gasteiger partial charge in [0.15, 0.2) is 5.82 Å². The van der Waals surface area contributed by atoms with Crippen molar-refractivity contribution in [3.05, 3.63) is 46.4 Å². The molecule has 0 unspecified atom stereocenters. The fourth-order valence-electron chi connectivity index (χ4n) is 2.32. The number of aliphatic carboxylic acids is 1. The number of carboxylic acid groups (broad SMARTS) is 2. The number of carboxylic acids is 2.